The van der Waals surface area contributed by atoms with Gasteiger partial charge in [-0.1, -0.05) is 20.8 Å². The zero-order chi connectivity index (χ0) is 32.5. The largest absolute Gasteiger partial charge is 0.494 e. The molecule has 0 aromatic heterocycles. The normalized spacial score (nSPS) is 17.3. The Kier molecular flexibility index (Phi) is 9.21. The zero-order valence-corrected chi connectivity index (χ0v) is 27.6. The van der Waals surface area contributed by atoms with E-state index >= 15 is 0 Å². The number of amides is 1. The summed E-state index contributed by atoms with van der Waals surface area (Å²) in [4.78, 5) is 32.0. The molecule has 0 saturated carbocycles. The topological polar surface area (TPSA) is 114 Å². The van der Waals surface area contributed by atoms with E-state index in [-0.39, 0.29) is 36.8 Å². The van der Waals surface area contributed by atoms with E-state index in [9.17, 15) is 9.59 Å². The number of anilines is 1. The van der Waals surface area contributed by atoms with Crippen molar-refractivity contribution in [2.45, 2.75) is 59.1 Å². The molecular weight excluding hydrogens is 576 g/mol. The molecule has 2 aromatic carbocycles. The van der Waals surface area contributed by atoms with Crippen molar-refractivity contribution < 1.29 is 33.3 Å². The predicted molar refractivity (Wildman–Crippen MR) is 172 cm³/mol. The van der Waals surface area contributed by atoms with Gasteiger partial charge in [0.2, 0.25) is 0 Å². The number of nitrogens with zero attached hydrogens (tertiary/aromatic N) is 3. The van der Waals surface area contributed by atoms with Crippen molar-refractivity contribution in [2.75, 3.05) is 71.2 Å². The minimum absolute atomic E-state index is 0.0587. The number of hydrogen-bond acceptors (Lipinski definition) is 9. The Bertz CT molecular complexity index is 1450. The molecule has 0 radical (unpaired) electrons. The Morgan fingerprint density at radius 1 is 0.889 bits per heavy atom. The second-order valence-corrected chi connectivity index (χ2v) is 13.7. The van der Waals surface area contributed by atoms with Crippen LogP contribution in [0.1, 0.15) is 68.6 Å². The van der Waals surface area contributed by atoms with Crippen molar-refractivity contribution in [3.63, 3.8) is 0 Å². The predicted octanol–water partition coefficient (Wildman–Crippen LogP) is 4.86. The second kappa shape index (κ2) is 12.8. The number of morpholine rings is 1. The molecule has 1 N–H and O–H groups in total. The summed E-state index contributed by atoms with van der Waals surface area (Å²) in [6.45, 7) is 16.2. The lowest BCUT2D eigenvalue weighted by atomic mass is 9.84. The van der Waals surface area contributed by atoms with E-state index in [0.717, 1.165) is 35.7 Å². The SMILES string of the molecule is COc1c(N2CCOCC2)cc(C(=O)CN2Cc3cc4c(cc3C2=N)OCCN(C(=O)OC(C)(C)C)CCO4)cc1C(C)(C)C. The Balaban J connectivity index is 1.33. The van der Waals surface area contributed by atoms with Gasteiger partial charge in [0.25, 0.3) is 0 Å². The first-order valence-electron chi connectivity index (χ1n) is 15.6. The van der Waals surface area contributed by atoms with Crippen LogP contribution < -0.4 is 19.1 Å². The van der Waals surface area contributed by atoms with Gasteiger partial charge in [0.1, 0.15) is 30.4 Å². The lowest BCUT2D eigenvalue weighted by Gasteiger charge is -2.33. The van der Waals surface area contributed by atoms with E-state index in [1.807, 2.05) is 45.0 Å². The molecule has 45 heavy (non-hydrogen) atoms. The average Bonchev–Trinajstić information content (AvgIpc) is 3.32. The fourth-order valence-corrected chi connectivity index (χ4v) is 5.77. The zero-order valence-electron chi connectivity index (χ0n) is 27.6. The number of ether oxygens (including phenoxy) is 5. The molecule has 11 nitrogen and oxygen atoms in total. The van der Waals surface area contributed by atoms with Gasteiger partial charge in [0.05, 0.1) is 45.6 Å². The first-order valence-corrected chi connectivity index (χ1v) is 15.6. The van der Waals surface area contributed by atoms with Crippen LogP contribution in [0.15, 0.2) is 24.3 Å². The fourth-order valence-electron chi connectivity index (χ4n) is 5.77. The number of carbonyl (C=O) groups excluding carboxylic acids is 2. The summed E-state index contributed by atoms with van der Waals surface area (Å²) in [5, 5.41) is 8.95. The smallest absolute Gasteiger partial charge is 0.410 e. The van der Waals surface area contributed by atoms with Gasteiger partial charge < -0.3 is 38.4 Å². The number of rotatable bonds is 5. The summed E-state index contributed by atoms with van der Waals surface area (Å²) < 4.78 is 29.1. The molecule has 1 saturated heterocycles. The molecule has 0 spiro atoms. The minimum Gasteiger partial charge on any atom is -0.494 e. The molecule has 5 rings (SSSR count). The highest BCUT2D eigenvalue weighted by Crippen LogP contribution is 2.41. The van der Waals surface area contributed by atoms with E-state index in [0.29, 0.717) is 55.5 Å². The van der Waals surface area contributed by atoms with E-state index in [4.69, 9.17) is 29.1 Å². The van der Waals surface area contributed by atoms with Gasteiger partial charge in [-0.15, -0.1) is 0 Å². The number of nitrogens with one attached hydrogen (secondary N) is 1. The summed E-state index contributed by atoms with van der Waals surface area (Å²) in [6.07, 6.45) is -0.409. The van der Waals surface area contributed by atoms with Crippen LogP contribution in [-0.2, 0) is 21.4 Å². The van der Waals surface area contributed by atoms with Crippen LogP contribution in [0, 0.1) is 5.41 Å². The second-order valence-electron chi connectivity index (χ2n) is 13.7. The molecule has 3 aliphatic rings. The van der Waals surface area contributed by atoms with Crippen LogP contribution in [0.4, 0.5) is 10.5 Å². The summed E-state index contributed by atoms with van der Waals surface area (Å²) in [7, 11) is 1.68. The Hall–Kier alpha value is -3.99. The summed E-state index contributed by atoms with van der Waals surface area (Å²) in [5.74, 6) is 2.04. The number of ketones is 1. The molecule has 1 fully saturated rings. The van der Waals surface area contributed by atoms with Crippen LogP contribution in [0.3, 0.4) is 0 Å². The van der Waals surface area contributed by atoms with Crippen molar-refractivity contribution in [3.8, 4) is 17.2 Å². The van der Waals surface area contributed by atoms with Gasteiger partial charge >= 0.3 is 6.09 Å². The van der Waals surface area contributed by atoms with E-state index in [2.05, 4.69) is 25.7 Å². The van der Waals surface area contributed by atoms with Crippen LogP contribution in [0.25, 0.3) is 0 Å². The number of carbonyl (C=O) groups is 2. The standard InChI is InChI=1S/C34H46N4O7/c1-33(2,3)25-16-22(17-26(30(25)41-7)36-8-12-42-13-9-36)27(39)21-38-20-23-18-28-29(19-24(23)31(38)35)44-15-11-37(10-14-43-28)32(40)45-34(4,5)6/h16-19,35H,8-15,20-21H2,1-7H3. The molecule has 0 atom stereocenters. The van der Waals surface area contributed by atoms with Crippen LogP contribution in [0.2, 0.25) is 0 Å². The third-order valence-corrected chi connectivity index (χ3v) is 8.08. The monoisotopic (exact) mass is 622 g/mol. The van der Waals surface area contributed by atoms with Gasteiger partial charge in [-0.2, -0.15) is 0 Å². The van der Waals surface area contributed by atoms with Crippen LogP contribution >= 0.6 is 0 Å². The molecular formula is C34H46N4O7. The number of methoxy groups -OCH3 is 1. The molecule has 0 bridgehead atoms. The lowest BCUT2D eigenvalue weighted by molar-refractivity contribution is 0.0213. The maximum atomic E-state index is 13.9. The van der Waals surface area contributed by atoms with Crippen molar-refractivity contribution in [1.29, 1.82) is 5.41 Å². The third-order valence-electron chi connectivity index (χ3n) is 8.08. The highest BCUT2D eigenvalue weighted by Gasteiger charge is 2.32. The Morgan fingerprint density at radius 2 is 1.53 bits per heavy atom. The Labute approximate surface area is 265 Å². The highest BCUT2D eigenvalue weighted by atomic mass is 16.6. The lowest BCUT2D eigenvalue weighted by Crippen LogP contribution is -2.40. The maximum Gasteiger partial charge on any atom is 0.410 e. The minimum atomic E-state index is -0.595. The molecule has 0 unspecified atom stereocenters. The number of benzene rings is 2. The molecule has 0 aliphatic carbocycles. The first kappa shape index (κ1) is 32.4. The molecule has 3 heterocycles. The maximum absolute atomic E-state index is 13.9. The van der Waals surface area contributed by atoms with E-state index in [1.165, 1.54) is 0 Å². The van der Waals surface area contributed by atoms with Crippen LogP contribution in [0.5, 0.6) is 17.2 Å². The van der Waals surface area contributed by atoms with Gasteiger partial charge in [-0.05, 0) is 56.0 Å². The van der Waals surface area contributed by atoms with Crippen molar-refractivity contribution in [2.24, 2.45) is 0 Å². The van der Waals surface area contributed by atoms with Crippen molar-refractivity contribution in [3.05, 3.63) is 46.5 Å². The first-order chi connectivity index (χ1) is 21.2. The summed E-state index contributed by atoms with van der Waals surface area (Å²) in [6, 6.07) is 7.55. The third kappa shape index (κ3) is 7.30. The van der Waals surface area contributed by atoms with Gasteiger partial charge in [-0.3, -0.25) is 10.2 Å². The quantitative estimate of drug-likeness (QED) is 0.467. The van der Waals surface area contributed by atoms with Crippen LogP contribution in [-0.4, -0.2) is 99.4 Å². The van der Waals surface area contributed by atoms with Gasteiger partial charge in [0.15, 0.2) is 17.3 Å². The molecule has 3 aliphatic heterocycles. The van der Waals surface area contributed by atoms with Crippen molar-refractivity contribution >= 4 is 23.4 Å². The molecule has 2 aromatic rings. The molecule has 244 valence electrons. The number of fused-ring (bicyclic) bond motifs is 2. The highest BCUT2D eigenvalue weighted by molar-refractivity contribution is 6.06. The van der Waals surface area contributed by atoms with Gasteiger partial charge in [-0.25, -0.2) is 4.79 Å². The van der Waals surface area contributed by atoms with E-state index < -0.39 is 11.7 Å². The number of hydrogen-bond donors (Lipinski definition) is 1. The van der Waals surface area contributed by atoms with Crippen molar-refractivity contribution in [1.82, 2.24) is 9.80 Å². The molecule has 1 amide bonds. The molecule has 11 heteroatoms. The summed E-state index contributed by atoms with van der Waals surface area (Å²) in [5.41, 5.74) is 3.19. The van der Waals surface area contributed by atoms with E-state index in [1.54, 1.807) is 16.9 Å². The summed E-state index contributed by atoms with van der Waals surface area (Å²) >= 11 is 0. The average molecular weight is 623 g/mol. The number of amidine groups is 1. The Morgan fingerprint density at radius 3 is 2.13 bits per heavy atom. The number of Topliss-reactive ketones (excluding diaryl/α,β-unsaturated/α-hetero) is 1. The van der Waals surface area contributed by atoms with Gasteiger partial charge in [0, 0.05) is 36.3 Å². The fraction of sp³-hybridized carbons (Fsp3) is 0.559.